The molecule has 10 heteroatoms. The van der Waals surface area contributed by atoms with Crippen molar-refractivity contribution in [1.29, 1.82) is 0 Å². The molecule has 0 saturated heterocycles. The van der Waals surface area contributed by atoms with Gasteiger partial charge in [0.05, 0.1) is 30.1 Å². The van der Waals surface area contributed by atoms with Crippen LogP contribution in [0.1, 0.15) is 46.1 Å². The van der Waals surface area contributed by atoms with Crippen LogP contribution >= 0.6 is 0 Å². The van der Waals surface area contributed by atoms with Gasteiger partial charge in [-0.1, -0.05) is 26.0 Å². The predicted molar refractivity (Wildman–Crippen MR) is 120 cm³/mol. The van der Waals surface area contributed by atoms with Gasteiger partial charge >= 0.3 is 11.9 Å². The fraction of sp³-hybridized carbons (Fsp3) is 0.435. The summed E-state index contributed by atoms with van der Waals surface area (Å²) in [5, 5.41) is 17.1. The number of rotatable bonds is 8. The van der Waals surface area contributed by atoms with Crippen LogP contribution in [-0.4, -0.2) is 42.5 Å². The summed E-state index contributed by atoms with van der Waals surface area (Å²) < 4.78 is 10.0. The van der Waals surface area contributed by atoms with Crippen molar-refractivity contribution in [3.63, 3.8) is 0 Å². The molecule has 10 nitrogen and oxygen atoms in total. The lowest BCUT2D eigenvalue weighted by atomic mass is 9.79. The number of hydrogen-bond donors (Lipinski definition) is 2. The minimum absolute atomic E-state index is 0.144. The third-order valence-corrected chi connectivity index (χ3v) is 5.32. The molecule has 0 fully saturated rings. The molecule has 1 amide bonds. The average molecular weight is 459 g/mol. The number of dihydropyridines is 1. The molecule has 1 aliphatic heterocycles. The first kappa shape index (κ1) is 25.6. The number of non-ortho nitro benzene ring substituents is 1. The molecular weight excluding hydrogens is 430 g/mol. The molecule has 2 atom stereocenters. The van der Waals surface area contributed by atoms with Gasteiger partial charge in [-0.3, -0.25) is 14.9 Å². The number of carbonyl (C=O) groups excluding carboxylic acids is 3. The van der Waals surface area contributed by atoms with Crippen molar-refractivity contribution in [3.8, 4) is 0 Å². The summed E-state index contributed by atoms with van der Waals surface area (Å²) in [6.07, 6.45) is 0. The number of nitrogens with one attached hydrogen (secondary N) is 2. The van der Waals surface area contributed by atoms with Gasteiger partial charge in [-0.25, -0.2) is 9.59 Å². The Morgan fingerprint density at radius 1 is 1.18 bits per heavy atom. The van der Waals surface area contributed by atoms with Crippen LogP contribution in [0.5, 0.6) is 0 Å². The first-order valence-corrected chi connectivity index (χ1v) is 10.5. The lowest BCUT2D eigenvalue weighted by molar-refractivity contribution is -0.384. The number of nitrogens with zero attached hydrogens (tertiary/aromatic N) is 1. The highest BCUT2D eigenvalue weighted by atomic mass is 16.6. The minimum Gasteiger partial charge on any atom is -0.466 e. The predicted octanol–water partition coefficient (Wildman–Crippen LogP) is 2.71. The van der Waals surface area contributed by atoms with Gasteiger partial charge < -0.3 is 20.1 Å². The van der Waals surface area contributed by atoms with E-state index in [9.17, 15) is 24.5 Å². The summed E-state index contributed by atoms with van der Waals surface area (Å²) in [4.78, 5) is 49.4. The van der Waals surface area contributed by atoms with E-state index in [1.165, 1.54) is 25.3 Å². The number of nitro benzene ring substituents is 1. The van der Waals surface area contributed by atoms with Crippen LogP contribution in [0.2, 0.25) is 0 Å². The maximum absolute atomic E-state index is 13.5. The molecule has 1 aromatic carbocycles. The summed E-state index contributed by atoms with van der Waals surface area (Å²) in [6.45, 7) is 8.68. The first-order valence-electron chi connectivity index (χ1n) is 10.5. The number of allylic oxidation sites excluding steroid dienone is 2. The van der Waals surface area contributed by atoms with Gasteiger partial charge in [-0.15, -0.1) is 0 Å². The Bertz CT molecular complexity index is 1030. The molecule has 1 aliphatic rings. The largest absolute Gasteiger partial charge is 0.466 e. The lowest BCUT2D eigenvalue weighted by Gasteiger charge is -2.31. The monoisotopic (exact) mass is 459 g/mol. The molecule has 0 aliphatic carbocycles. The summed E-state index contributed by atoms with van der Waals surface area (Å²) in [7, 11) is 1.22. The van der Waals surface area contributed by atoms with Gasteiger partial charge in [0.1, 0.15) is 6.04 Å². The fourth-order valence-corrected chi connectivity index (χ4v) is 3.78. The molecule has 0 aromatic heterocycles. The quantitative estimate of drug-likeness (QED) is 0.344. The third kappa shape index (κ3) is 5.57. The van der Waals surface area contributed by atoms with E-state index in [1.54, 1.807) is 40.7 Å². The highest BCUT2D eigenvalue weighted by Gasteiger charge is 2.39. The summed E-state index contributed by atoms with van der Waals surface area (Å²) in [5.74, 6) is -3.07. The van der Waals surface area contributed by atoms with E-state index in [0.717, 1.165) is 0 Å². The Morgan fingerprint density at radius 2 is 1.82 bits per heavy atom. The van der Waals surface area contributed by atoms with Crippen LogP contribution in [0.15, 0.2) is 46.8 Å². The fourth-order valence-electron chi connectivity index (χ4n) is 3.78. The maximum atomic E-state index is 13.5. The van der Waals surface area contributed by atoms with Crippen LogP contribution < -0.4 is 10.6 Å². The minimum atomic E-state index is -0.950. The van der Waals surface area contributed by atoms with E-state index in [1.807, 2.05) is 0 Å². The molecule has 0 spiro atoms. The van der Waals surface area contributed by atoms with Crippen molar-refractivity contribution < 1.29 is 28.8 Å². The standard InChI is InChI=1S/C23H29N3O7/c1-7-33-23(29)20(12(2)3)25-21(27)17-13(4)24-14(5)18(22(28)32-6)19(17)15-9-8-10-16(11-15)26(30)31/h8-12,19-20,24H,7H2,1-6H3,(H,25,27)/t19?,20-/m0/s1. The zero-order valence-corrected chi connectivity index (χ0v) is 19.6. The Morgan fingerprint density at radius 3 is 2.36 bits per heavy atom. The number of methoxy groups -OCH3 is 1. The Balaban J connectivity index is 2.62. The van der Waals surface area contributed by atoms with Gasteiger partial charge in [-0.05, 0) is 32.3 Å². The van der Waals surface area contributed by atoms with Crippen LogP contribution in [0.4, 0.5) is 5.69 Å². The molecule has 0 radical (unpaired) electrons. The topological polar surface area (TPSA) is 137 Å². The smallest absolute Gasteiger partial charge is 0.336 e. The Labute approximate surface area is 192 Å². The second-order valence-corrected chi connectivity index (χ2v) is 7.93. The van der Waals surface area contributed by atoms with Crippen molar-refractivity contribution in [3.05, 3.63) is 62.5 Å². The molecule has 0 bridgehead atoms. The van der Waals surface area contributed by atoms with Gasteiger partial charge in [0.25, 0.3) is 11.6 Å². The van der Waals surface area contributed by atoms with E-state index in [2.05, 4.69) is 10.6 Å². The molecule has 1 unspecified atom stereocenters. The lowest BCUT2D eigenvalue weighted by Crippen LogP contribution is -2.47. The molecule has 1 heterocycles. The van der Waals surface area contributed by atoms with Gasteiger partial charge in [-0.2, -0.15) is 0 Å². The van der Waals surface area contributed by atoms with Gasteiger partial charge in [0, 0.05) is 29.1 Å². The van der Waals surface area contributed by atoms with E-state index < -0.39 is 34.7 Å². The molecule has 178 valence electrons. The molecule has 2 rings (SSSR count). The second kappa shape index (κ2) is 10.8. The number of carbonyl (C=O) groups is 3. The molecule has 33 heavy (non-hydrogen) atoms. The highest BCUT2D eigenvalue weighted by Crippen LogP contribution is 2.39. The van der Waals surface area contributed by atoms with Gasteiger partial charge in [0.15, 0.2) is 0 Å². The van der Waals surface area contributed by atoms with E-state index >= 15 is 0 Å². The van der Waals surface area contributed by atoms with Crippen LogP contribution in [0.3, 0.4) is 0 Å². The van der Waals surface area contributed by atoms with Gasteiger partial charge in [0.2, 0.25) is 0 Å². The number of nitro groups is 1. The second-order valence-electron chi connectivity index (χ2n) is 7.93. The van der Waals surface area contributed by atoms with Crippen LogP contribution in [0, 0.1) is 16.0 Å². The van der Waals surface area contributed by atoms with E-state index in [0.29, 0.717) is 17.0 Å². The maximum Gasteiger partial charge on any atom is 0.336 e. The first-order chi connectivity index (χ1) is 15.5. The highest BCUT2D eigenvalue weighted by molar-refractivity contribution is 6.03. The number of amides is 1. The molecule has 0 saturated carbocycles. The van der Waals surface area contributed by atoms with Crippen molar-refractivity contribution in [1.82, 2.24) is 10.6 Å². The Kier molecular flexibility index (Phi) is 8.33. The zero-order chi connectivity index (χ0) is 24.9. The number of hydrogen-bond acceptors (Lipinski definition) is 8. The zero-order valence-electron chi connectivity index (χ0n) is 19.6. The molecule has 2 N–H and O–H groups in total. The number of esters is 2. The number of benzene rings is 1. The number of ether oxygens (including phenoxy) is 2. The Hall–Kier alpha value is -3.69. The van der Waals surface area contributed by atoms with Crippen molar-refractivity contribution >= 4 is 23.5 Å². The molecular formula is C23H29N3O7. The van der Waals surface area contributed by atoms with E-state index in [-0.39, 0.29) is 29.4 Å². The SMILES string of the molecule is CCOC(=O)[C@@H](NC(=O)C1=C(C)NC(C)=C(C(=O)OC)C1c1cccc([N+](=O)[O-])c1)C(C)C. The summed E-state index contributed by atoms with van der Waals surface area (Å²) >= 11 is 0. The van der Waals surface area contributed by atoms with E-state index in [4.69, 9.17) is 9.47 Å². The van der Waals surface area contributed by atoms with Crippen molar-refractivity contribution in [2.75, 3.05) is 13.7 Å². The third-order valence-electron chi connectivity index (χ3n) is 5.32. The van der Waals surface area contributed by atoms with Crippen molar-refractivity contribution in [2.24, 2.45) is 5.92 Å². The normalized spacial score (nSPS) is 16.8. The van der Waals surface area contributed by atoms with Crippen molar-refractivity contribution in [2.45, 2.75) is 46.6 Å². The summed E-state index contributed by atoms with van der Waals surface area (Å²) in [6, 6.07) is 4.81. The van der Waals surface area contributed by atoms with Crippen LogP contribution in [-0.2, 0) is 23.9 Å². The average Bonchev–Trinajstić information content (AvgIpc) is 2.76. The van der Waals surface area contributed by atoms with Crippen LogP contribution in [0.25, 0.3) is 0 Å². The molecule has 1 aromatic rings. The summed E-state index contributed by atoms with van der Waals surface area (Å²) in [5.41, 5.74) is 1.38.